The Hall–Kier alpha value is -1.81. The monoisotopic (exact) mass is 233 g/mol. The van der Waals surface area contributed by atoms with Crippen molar-refractivity contribution in [2.45, 2.75) is 0 Å². The quantitative estimate of drug-likeness (QED) is 0.503. The van der Waals surface area contributed by atoms with E-state index in [1.54, 1.807) is 7.11 Å². The van der Waals surface area contributed by atoms with E-state index in [0.29, 0.717) is 11.5 Å². The van der Waals surface area contributed by atoms with Crippen LogP contribution < -0.4 is 4.74 Å². The van der Waals surface area contributed by atoms with Crippen LogP contribution in [-0.4, -0.2) is 18.0 Å². The molecule has 1 heterocycles. The summed E-state index contributed by atoms with van der Waals surface area (Å²) in [5.41, 5.74) is 1.32. The average molecular weight is 233 g/mol. The van der Waals surface area contributed by atoms with Crippen molar-refractivity contribution in [3.8, 4) is 5.75 Å². The fourth-order valence-corrected chi connectivity index (χ4v) is 2.21. The molecule has 16 heavy (non-hydrogen) atoms. The van der Waals surface area contributed by atoms with Gasteiger partial charge in [-0.3, -0.25) is 0 Å². The van der Waals surface area contributed by atoms with Crippen LogP contribution in [0.5, 0.6) is 5.75 Å². The predicted octanol–water partition coefficient (Wildman–Crippen LogP) is 2.98. The Morgan fingerprint density at radius 3 is 2.69 bits per heavy atom. The lowest BCUT2D eigenvalue weighted by atomic mass is 10.1. The van der Waals surface area contributed by atoms with Crippen molar-refractivity contribution in [1.82, 2.24) is 0 Å². The Morgan fingerprint density at radius 1 is 1.25 bits per heavy atom. The van der Waals surface area contributed by atoms with E-state index in [0.717, 1.165) is 10.4 Å². The summed E-state index contributed by atoms with van der Waals surface area (Å²) in [6, 6.07) is 11.3. The Morgan fingerprint density at radius 2 is 2.06 bits per heavy atom. The van der Waals surface area contributed by atoms with Gasteiger partial charge >= 0.3 is 0 Å². The molecule has 0 spiro atoms. The van der Waals surface area contributed by atoms with Crippen molar-refractivity contribution < 1.29 is 9.94 Å². The van der Waals surface area contributed by atoms with Gasteiger partial charge in [-0.15, -0.1) is 11.3 Å². The van der Waals surface area contributed by atoms with E-state index in [-0.39, 0.29) is 0 Å². The lowest BCUT2D eigenvalue weighted by Gasteiger charge is -2.07. The van der Waals surface area contributed by atoms with Crippen LogP contribution in [0.3, 0.4) is 0 Å². The first-order valence-electron chi connectivity index (χ1n) is 4.76. The minimum Gasteiger partial charge on any atom is -0.496 e. The highest BCUT2D eigenvalue weighted by Crippen LogP contribution is 2.23. The maximum absolute atomic E-state index is 9.11. The number of rotatable bonds is 3. The highest BCUT2D eigenvalue weighted by Gasteiger charge is 2.13. The minimum absolute atomic E-state index is 0.535. The molecule has 0 aliphatic heterocycles. The van der Waals surface area contributed by atoms with Crippen LogP contribution in [0.25, 0.3) is 0 Å². The zero-order chi connectivity index (χ0) is 11.4. The molecule has 0 aliphatic rings. The van der Waals surface area contributed by atoms with Crippen molar-refractivity contribution in [3.05, 3.63) is 52.2 Å². The number of hydrogen-bond acceptors (Lipinski definition) is 4. The molecule has 1 aromatic carbocycles. The van der Waals surface area contributed by atoms with Crippen LogP contribution in [0.2, 0.25) is 0 Å². The Kier molecular flexibility index (Phi) is 3.22. The van der Waals surface area contributed by atoms with Crippen LogP contribution in [-0.2, 0) is 0 Å². The number of oxime groups is 1. The third kappa shape index (κ3) is 1.92. The molecule has 0 radical (unpaired) electrons. The summed E-state index contributed by atoms with van der Waals surface area (Å²) in [7, 11) is 1.60. The molecule has 1 aromatic heterocycles. The summed E-state index contributed by atoms with van der Waals surface area (Å²) in [5, 5.41) is 14.4. The highest BCUT2D eigenvalue weighted by atomic mass is 32.1. The van der Waals surface area contributed by atoms with Gasteiger partial charge in [-0.1, -0.05) is 23.4 Å². The van der Waals surface area contributed by atoms with Crippen LogP contribution in [0, 0.1) is 0 Å². The molecule has 0 fully saturated rings. The van der Waals surface area contributed by atoms with Gasteiger partial charge in [-0.25, -0.2) is 0 Å². The second-order valence-electron chi connectivity index (χ2n) is 3.13. The van der Waals surface area contributed by atoms with Crippen LogP contribution in [0.1, 0.15) is 10.4 Å². The number of methoxy groups -OCH3 is 1. The summed E-state index contributed by atoms with van der Waals surface area (Å²) in [4.78, 5) is 0.909. The largest absolute Gasteiger partial charge is 0.496 e. The van der Waals surface area contributed by atoms with Gasteiger partial charge in [-0.2, -0.15) is 0 Å². The molecule has 1 N–H and O–H groups in total. The molecular formula is C12H11NO2S. The third-order valence-corrected chi connectivity index (χ3v) is 3.09. The molecule has 0 aliphatic carbocycles. The van der Waals surface area contributed by atoms with Crippen molar-refractivity contribution >= 4 is 17.0 Å². The van der Waals surface area contributed by atoms with Gasteiger partial charge in [-0.05, 0) is 23.6 Å². The molecule has 0 saturated carbocycles. The summed E-state index contributed by atoms with van der Waals surface area (Å²) >= 11 is 1.52. The molecule has 82 valence electrons. The van der Waals surface area contributed by atoms with E-state index in [4.69, 9.17) is 9.94 Å². The average Bonchev–Trinajstić information content (AvgIpc) is 2.84. The first-order valence-corrected chi connectivity index (χ1v) is 5.64. The van der Waals surface area contributed by atoms with Crippen LogP contribution >= 0.6 is 11.3 Å². The van der Waals surface area contributed by atoms with E-state index in [1.165, 1.54) is 11.3 Å². The fraction of sp³-hybridized carbons (Fsp3) is 0.0833. The van der Waals surface area contributed by atoms with Gasteiger partial charge < -0.3 is 9.94 Å². The van der Waals surface area contributed by atoms with Crippen molar-refractivity contribution in [1.29, 1.82) is 0 Å². The van der Waals surface area contributed by atoms with Gasteiger partial charge in [0.15, 0.2) is 0 Å². The van der Waals surface area contributed by atoms with E-state index in [2.05, 4.69) is 5.16 Å². The van der Waals surface area contributed by atoms with E-state index in [1.807, 2.05) is 41.8 Å². The Bertz CT molecular complexity index is 491. The molecule has 0 bridgehead atoms. The molecule has 2 aromatic rings. The number of hydrogen-bond donors (Lipinski definition) is 1. The van der Waals surface area contributed by atoms with Gasteiger partial charge in [0.1, 0.15) is 11.5 Å². The third-order valence-electron chi connectivity index (χ3n) is 2.22. The molecule has 0 amide bonds. The second kappa shape index (κ2) is 4.81. The Balaban J connectivity index is 2.50. The first kappa shape index (κ1) is 10.7. The van der Waals surface area contributed by atoms with Crippen molar-refractivity contribution in [2.24, 2.45) is 5.16 Å². The minimum atomic E-state index is 0.535. The zero-order valence-corrected chi connectivity index (χ0v) is 9.57. The fourth-order valence-electron chi connectivity index (χ4n) is 1.49. The summed E-state index contributed by atoms with van der Waals surface area (Å²) < 4.78 is 5.24. The number of benzene rings is 1. The molecule has 0 unspecified atom stereocenters. The lowest BCUT2D eigenvalue weighted by molar-refractivity contribution is 0.319. The second-order valence-corrected chi connectivity index (χ2v) is 4.07. The molecule has 2 rings (SSSR count). The lowest BCUT2D eigenvalue weighted by Crippen LogP contribution is -2.03. The number of thiophene rings is 1. The van der Waals surface area contributed by atoms with Crippen molar-refractivity contribution in [2.75, 3.05) is 7.11 Å². The molecular weight excluding hydrogens is 222 g/mol. The van der Waals surface area contributed by atoms with Crippen LogP contribution in [0.4, 0.5) is 0 Å². The van der Waals surface area contributed by atoms with E-state index in [9.17, 15) is 0 Å². The van der Waals surface area contributed by atoms with Gasteiger partial charge in [0.25, 0.3) is 0 Å². The van der Waals surface area contributed by atoms with Gasteiger partial charge in [0.05, 0.1) is 12.0 Å². The number of ether oxygens (including phenoxy) is 1. The molecule has 0 saturated heterocycles. The number of para-hydroxylation sites is 1. The molecule has 3 nitrogen and oxygen atoms in total. The van der Waals surface area contributed by atoms with Gasteiger partial charge in [0, 0.05) is 5.56 Å². The number of nitrogens with zero attached hydrogens (tertiary/aromatic N) is 1. The summed E-state index contributed by atoms with van der Waals surface area (Å²) in [6.07, 6.45) is 0. The normalized spacial score (nSPS) is 11.4. The predicted molar refractivity (Wildman–Crippen MR) is 64.7 cm³/mol. The Labute approximate surface area is 97.6 Å². The zero-order valence-electron chi connectivity index (χ0n) is 8.75. The standard InChI is InChI=1S/C12H11NO2S/c1-15-10-6-3-2-5-9(10)12(13-14)11-7-4-8-16-11/h2-8,14H,1H3/b13-12+. The smallest absolute Gasteiger partial charge is 0.130 e. The SMILES string of the molecule is COc1ccccc1/C(=N\O)c1cccs1. The topological polar surface area (TPSA) is 41.8 Å². The first-order chi connectivity index (χ1) is 7.86. The van der Waals surface area contributed by atoms with Crippen molar-refractivity contribution in [3.63, 3.8) is 0 Å². The van der Waals surface area contributed by atoms with Gasteiger partial charge in [0.2, 0.25) is 0 Å². The van der Waals surface area contributed by atoms with E-state index < -0.39 is 0 Å². The van der Waals surface area contributed by atoms with Crippen LogP contribution in [0.15, 0.2) is 46.9 Å². The summed E-state index contributed by atoms with van der Waals surface area (Å²) in [6.45, 7) is 0. The maximum atomic E-state index is 9.11. The maximum Gasteiger partial charge on any atom is 0.130 e. The van der Waals surface area contributed by atoms with E-state index >= 15 is 0 Å². The summed E-state index contributed by atoms with van der Waals surface area (Å²) in [5.74, 6) is 0.698. The molecule has 0 atom stereocenters. The molecule has 4 heteroatoms. The highest BCUT2D eigenvalue weighted by molar-refractivity contribution is 7.12.